The van der Waals surface area contributed by atoms with Crippen LogP contribution in [0.4, 0.5) is 43.7 Å². The molecule has 1 atom stereocenters. The highest BCUT2D eigenvalue weighted by atomic mass is 32.1. The second-order valence-electron chi connectivity index (χ2n) is 7.73. The molecule has 0 bridgehead atoms. The van der Waals surface area contributed by atoms with Gasteiger partial charge < -0.3 is 15.0 Å². The van der Waals surface area contributed by atoms with Crippen LogP contribution in [0.5, 0.6) is 0 Å². The van der Waals surface area contributed by atoms with E-state index in [-0.39, 0.29) is 50.6 Å². The number of anilines is 3. The Labute approximate surface area is 206 Å². The minimum atomic E-state index is -3.22. The van der Waals surface area contributed by atoms with Crippen molar-refractivity contribution in [2.24, 2.45) is 0 Å². The number of carbonyl (C=O) groups excluding carboxylic acids is 3. The van der Waals surface area contributed by atoms with Gasteiger partial charge in [-0.05, 0) is 0 Å². The van der Waals surface area contributed by atoms with Crippen LogP contribution in [0.15, 0.2) is 23.7 Å². The fraction of sp³-hybridized carbons (Fsp3) is 0.400. The van der Waals surface area contributed by atoms with Crippen LogP contribution < -0.4 is 25.9 Å². The molecule has 0 spiro atoms. The van der Waals surface area contributed by atoms with Gasteiger partial charge in [0.05, 0.1) is 25.3 Å². The molecule has 4 amide bonds. The van der Waals surface area contributed by atoms with E-state index in [1.807, 2.05) is 5.32 Å². The van der Waals surface area contributed by atoms with Gasteiger partial charge in [-0.15, -0.1) is 11.3 Å². The zero-order valence-electron chi connectivity index (χ0n) is 18.5. The summed E-state index contributed by atoms with van der Waals surface area (Å²) in [7, 11) is 0. The van der Waals surface area contributed by atoms with E-state index in [1.54, 1.807) is 11.6 Å². The number of nitrogens with one attached hydrogen (secondary N) is 3. The molecule has 11 nitrogen and oxygen atoms in total. The van der Waals surface area contributed by atoms with Crippen LogP contribution in [0.3, 0.4) is 0 Å². The largest absolute Gasteiger partial charge is 0.442 e. The number of alkyl halides is 2. The van der Waals surface area contributed by atoms with E-state index in [9.17, 15) is 23.2 Å². The standard InChI is InChI=1S/C20H21F4N7O4S/c21-13-7-11(30-10-12(35-20(30)34)9-26-17(32)16(23)24)8-14(22)15(13)29-3-1-27-31(5-4-29)19(33)28-18-25-2-6-36-18/h2,6-8,12,16,27H,1,3-5,9-10H2,(H,26,32)(H,25,28,33)/t12-/m0/s1. The Morgan fingerprint density at radius 1 is 1.22 bits per heavy atom. The van der Waals surface area contributed by atoms with Gasteiger partial charge in [-0.3, -0.25) is 20.0 Å². The van der Waals surface area contributed by atoms with Crippen LogP contribution in [0.1, 0.15) is 0 Å². The van der Waals surface area contributed by atoms with Crippen molar-refractivity contribution in [3.63, 3.8) is 0 Å². The van der Waals surface area contributed by atoms with Gasteiger partial charge in [-0.1, -0.05) is 0 Å². The molecule has 2 fully saturated rings. The maximum Gasteiger partial charge on any atom is 0.414 e. The van der Waals surface area contributed by atoms with Gasteiger partial charge in [0.15, 0.2) is 16.8 Å². The van der Waals surface area contributed by atoms with Crippen molar-refractivity contribution < 1.29 is 36.7 Å². The van der Waals surface area contributed by atoms with E-state index < -0.39 is 42.2 Å². The molecule has 3 N–H and O–H groups in total. The number of rotatable bonds is 6. The van der Waals surface area contributed by atoms with E-state index in [0.717, 1.165) is 17.0 Å². The summed E-state index contributed by atoms with van der Waals surface area (Å²) < 4.78 is 59.7. The van der Waals surface area contributed by atoms with Crippen molar-refractivity contribution in [3.8, 4) is 0 Å². The average molecular weight is 531 g/mol. The predicted molar refractivity (Wildman–Crippen MR) is 121 cm³/mol. The zero-order valence-corrected chi connectivity index (χ0v) is 19.4. The van der Waals surface area contributed by atoms with E-state index in [2.05, 4.69) is 15.7 Å². The Bertz CT molecular complexity index is 1100. The van der Waals surface area contributed by atoms with Crippen LogP contribution in [0.2, 0.25) is 0 Å². The maximum absolute atomic E-state index is 15.0. The first-order chi connectivity index (χ1) is 17.2. The molecule has 4 rings (SSSR count). The van der Waals surface area contributed by atoms with Gasteiger partial charge in [0.25, 0.3) is 5.91 Å². The van der Waals surface area contributed by atoms with Crippen molar-refractivity contribution in [2.75, 3.05) is 54.4 Å². The summed E-state index contributed by atoms with van der Waals surface area (Å²) in [6, 6.07) is 1.46. The Kier molecular flexibility index (Phi) is 7.73. The summed E-state index contributed by atoms with van der Waals surface area (Å²) in [5.41, 5.74) is 2.44. The maximum atomic E-state index is 15.0. The Hall–Kier alpha value is -3.66. The zero-order chi connectivity index (χ0) is 25.8. The van der Waals surface area contributed by atoms with Gasteiger partial charge in [0, 0.05) is 43.3 Å². The number of hydrazine groups is 1. The Morgan fingerprint density at radius 2 is 1.97 bits per heavy atom. The van der Waals surface area contributed by atoms with E-state index >= 15 is 8.78 Å². The molecule has 1 aromatic heterocycles. The van der Waals surface area contributed by atoms with Crippen LogP contribution in [0, 0.1) is 11.6 Å². The molecular weight excluding hydrogens is 510 g/mol. The molecule has 36 heavy (non-hydrogen) atoms. The summed E-state index contributed by atoms with van der Waals surface area (Å²) in [6.45, 7) is 0.0625. The van der Waals surface area contributed by atoms with Crippen LogP contribution >= 0.6 is 11.3 Å². The topological polar surface area (TPSA) is 119 Å². The van der Waals surface area contributed by atoms with Crippen LogP contribution in [0.25, 0.3) is 0 Å². The summed E-state index contributed by atoms with van der Waals surface area (Å²) >= 11 is 1.25. The summed E-state index contributed by atoms with van der Waals surface area (Å²) in [6.07, 6.45) is -3.58. The summed E-state index contributed by atoms with van der Waals surface area (Å²) in [5, 5.41) is 7.96. The number of benzene rings is 1. The monoisotopic (exact) mass is 531 g/mol. The average Bonchev–Trinajstić information content (AvgIpc) is 3.40. The van der Waals surface area contributed by atoms with Crippen molar-refractivity contribution in [3.05, 3.63) is 35.3 Å². The third-order valence-corrected chi connectivity index (χ3v) is 6.06. The third kappa shape index (κ3) is 5.76. The highest BCUT2D eigenvalue weighted by Gasteiger charge is 2.34. The van der Waals surface area contributed by atoms with E-state index in [0.29, 0.717) is 5.13 Å². The molecule has 2 aliphatic heterocycles. The van der Waals surface area contributed by atoms with Gasteiger partial charge in [-0.25, -0.2) is 28.8 Å². The lowest BCUT2D eigenvalue weighted by Gasteiger charge is -2.25. The molecular formula is C20H21F4N7O4S. The fourth-order valence-corrected chi connectivity index (χ4v) is 4.23. The van der Waals surface area contributed by atoms with E-state index in [1.165, 1.54) is 21.2 Å². The number of thiazole rings is 1. The van der Waals surface area contributed by atoms with E-state index in [4.69, 9.17) is 4.74 Å². The number of ether oxygens (including phenoxy) is 1. The number of carbonyl (C=O) groups is 3. The molecule has 2 saturated heterocycles. The van der Waals surface area contributed by atoms with Crippen molar-refractivity contribution in [1.29, 1.82) is 0 Å². The molecule has 3 heterocycles. The Balaban J connectivity index is 1.40. The summed E-state index contributed by atoms with van der Waals surface area (Å²) in [5.74, 6) is -3.39. The molecule has 0 unspecified atom stereocenters. The number of hydrogen-bond donors (Lipinski definition) is 3. The quantitative estimate of drug-likeness (QED) is 0.488. The van der Waals surface area contributed by atoms with Crippen molar-refractivity contribution in [1.82, 2.24) is 20.7 Å². The lowest BCUT2D eigenvalue weighted by atomic mass is 10.2. The number of cyclic esters (lactones) is 1. The molecule has 194 valence electrons. The second kappa shape index (κ2) is 10.9. The number of urea groups is 1. The minimum absolute atomic E-state index is 0.113. The summed E-state index contributed by atoms with van der Waals surface area (Å²) in [4.78, 5) is 41.9. The van der Waals surface area contributed by atoms with Gasteiger partial charge >= 0.3 is 18.5 Å². The first kappa shape index (κ1) is 25.4. The lowest BCUT2D eigenvalue weighted by Crippen LogP contribution is -2.46. The number of amides is 4. The predicted octanol–water partition coefficient (Wildman–Crippen LogP) is 1.99. The highest BCUT2D eigenvalue weighted by Crippen LogP contribution is 2.31. The number of nitrogens with zero attached hydrogens (tertiary/aromatic N) is 4. The molecule has 0 radical (unpaired) electrons. The highest BCUT2D eigenvalue weighted by molar-refractivity contribution is 7.13. The van der Waals surface area contributed by atoms with Crippen molar-refractivity contribution in [2.45, 2.75) is 12.5 Å². The molecule has 1 aromatic carbocycles. The number of halogens is 4. The van der Waals surface area contributed by atoms with Crippen LogP contribution in [-0.2, 0) is 9.53 Å². The number of hydrogen-bond acceptors (Lipinski definition) is 8. The lowest BCUT2D eigenvalue weighted by molar-refractivity contribution is -0.132. The fourth-order valence-electron chi connectivity index (χ4n) is 3.71. The number of aromatic nitrogens is 1. The first-order valence-electron chi connectivity index (χ1n) is 10.7. The smallest absolute Gasteiger partial charge is 0.414 e. The molecule has 0 aliphatic carbocycles. The van der Waals surface area contributed by atoms with Gasteiger partial charge in [0.2, 0.25) is 0 Å². The third-order valence-electron chi connectivity index (χ3n) is 5.38. The molecule has 0 saturated carbocycles. The van der Waals surface area contributed by atoms with Crippen molar-refractivity contribution >= 4 is 45.9 Å². The normalized spacial score (nSPS) is 18.3. The Morgan fingerprint density at radius 3 is 2.64 bits per heavy atom. The van der Waals surface area contributed by atoms with Gasteiger partial charge in [0.1, 0.15) is 11.8 Å². The molecule has 2 aliphatic rings. The minimum Gasteiger partial charge on any atom is -0.442 e. The second-order valence-corrected chi connectivity index (χ2v) is 8.63. The molecule has 2 aromatic rings. The first-order valence-corrected chi connectivity index (χ1v) is 11.6. The van der Waals surface area contributed by atoms with Crippen LogP contribution in [-0.4, -0.2) is 79.8 Å². The van der Waals surface area contributed by atoms with Gasteiger partial charge in [-0.2, -0.15) is 8.78 Å². The SMILES string of the molecule is O=C(NC[C@H]1CN(c2cc(F)c(N3CCNN(C(=O)Nc4nccs4)CC3)c(F)c2)C(=O)O1)C(F)F. The molecule has 16 heteroatoms.